The number of carbonyl (C=O) groups excluding carboxylic acids is 1. The van der Waals surface area contributed by atoms with Gasteiger partial charge in [-0.25, -0.2) is 0 Å². The van der Waals surface area contributed by atoms with Crippen LogP contribution >= 0.6 is 0 Å². The number of fused-ring (bicyclic) bond motifs is 1. The smallest absolute Gasteiger partial charge is 0.174 e. The van der Waals surface area contributed by atoms with E-state index in [9.17, 15) is 4.79 Å². The number of ether oxygens (including phenoxy) is 2. The van der Waals surface area contributed by atoms with Crippen LogP contribution < -0.4 is 9.47 Å². The second-order valence-electron chi connectivity index (χ2n) is 5.62. The highest BCUT2D eigenvalue weighted by molar-refractivity contribution is 6.00. The maximum Gasteiger partial charge on any atom is 0.174 e. The van der Waals surface area contributed by atoms with Gasteiger partial charge in [-0.05, 0) is 37.0 Å². The highest BCUT2D eigenvalue weighted by Gasteiger charge is 2.36. The first kappa shape index (κ1) is 14.1. The van der Waals surface area contributed by atoms with Gasteiger partial charge in [0, 0.05) is 18.2 Å². The quantitative estimate of drug-likeness (QED) is 0.853. The van der Waals surface area contributed by atoms with Crippen LogP contribution in [0.15, 0.2) is 29.8 Å². The number of allylic oxidation sites excluding steroid dienone is 1. The van der Waals surface area contributed by atoms with E-state index in [4.69, 9.17) is 9.47 Å². The molecule has 0 amide bonds. The number of hydrogen-bond donors (Lipinski definition) is 0. The molecule has 1 unspecified atom stereocenters. The van der Waals surface area contributed by atoms with Gasteiger partial charge in [-0.15, -0.1) is 0 Å². The highest BCUT2D eigenvalue weighted by Crippen LogP contribution is 2.33. The summed E-state index contributed by atoms with van der Waals surface area (Å²) >= 11 is 0. The first-order valence-electron chi connectivity index (χ1n) is 7.41. The lowest BCUT2D eigenvalue weighted by atomic mass is 9.94. The number of nitrogens with zero attached hydrogens (tertiary/aromatic N) is 1. The number of ketones is 1. The molecule has 3 rings (SSSR count). The van der Waals surface area contributed by atoms with Crippen molar-refractivity contribution in [3.8, 4) is 11.5 Å². The molecule has 0 radical (unpaired) electrons. The van der Waals surface area contributed by atoms with Gasteiger partial charge in [0.05, 0.1) is 20.8 Å². The summed E-state index contributed by atoms with van der Waals surface area (Å²) in [7, 11) is 3.28. The summed E-state index contributed by atoms with van der Waals surface area (Å²) in [6.45, 7) is 1.30. The number of hydrogen-bond acceptors (Lipinski definition) is 4. The molecule has 0 spiro atoms. The Morgan fingerprint density at radius 1 is 1.24 bits per heavy atom. The summed E-state index contributed by atoms with van der Waals surface area (Å²) in [5.41, 5.74) is 2.18. The molecule has 2 aliphatic rings. The van der Waals surface area contributed by atoms with Crippen molar-refractivity contribution in [3.05, 3.63) is 35.4 Å². The fourth-order valence-electron chi connectivity index (χ4n) is 3.30. The number of methoxy groups -OCH3 is 2. The lowest BCUT2D eigenvalue weighted by Crippen LogP contribution is -2.30. The molecule has 112 valence electrons. The molecule has 0 saturated carbocycles. The molecular formula is C17H21NO3. The van der Waals surface area contributed by atoms with Crippen molar-refractivity contribution in [2.45, 2.75) is 31.8 Å². The zero-order valence-electron chi connectivity index (χ0n) is 12.6. The first-order valence-corrected chi connectivity index (χ1v) is 7.41. The summed E-state index contributed by atoms with van der Waals surface area (Å²) in [6.07, 6.45) is 5.43. The van der Waals surface area contributed by atoms with Gasteiger partial charge in [-0.1, -0.05) is 12.1 Å². The van der Waals surface area contributed by atoms with Crippen LogP contribution in [0.1, 0.15) is 24.8 Å². The lowest BCUT2D eigenvalue weighted by molar-refractivity contribution is -0.114. The number of likely N-dealkylation sites (tertiary alicyclic amines) is 1. The SMILES string of the molecule is COc1ccc(CN2CC(=O)C3=CCCCC32)cc1OC. The van der Waals surface area contributed by atoms with E-state index >= 15 is 0 Å². The summed E-state index contributed by atoms with van der Waals surface area (Å²) in [6, 6.07) is 6.26. The van der Waals surface area contributed by atoms with Crippen molar-refractivity contribution in [3.63, 3.8) is 0 Å². The van der Waals surface area contributed by atoms with Crippen molar-refractivity contribution in [2.75, 3.05) is 20.8 Å². The van der Waals surface area contributed by atoms with Crippen LogP contribution in [0.3, 0.4) is 0 Å². The van der Waals surface area contributed by atoms with Crippen LogP contribution in [0.5, 0.6) is 11.5 Å². The van der Waals surface area contributed by atoms with E-state index in [1.54, 1.807) is 14.2 Å². The number of rotatable bonds is 4. The van der Waals surface area contributed by atoms with Crippen molar-refractivity contribution >= 4 is 5.78 Å². The van der Waals surface area contributed by atoms with E-state index in [1.807, 2.05) is 18.2 Å². The first-order chi connectivity index (χ1) is 10.2. The van der Waals surface area contributed by atoms with Crippen LogP contribution in [0.25, 0.3) is 0 Å². The predicted molar refractivity (Wildman–Crippen MR) is 80.7 cm³/mol. The number of carbonyl (C=O) groups is 1. The van der Waals surface area contributed by atoms with Gasteiger partial charge in [0.1, 0.15) is 0 Å². The monoisotopic (exact) mass is 287 g/mol. The fraction of sp³-hybridized carbons (Fsp3) is 0.471. The van der Waals surface area contributed by atoms with Gasteiger partial charge < -0.3 is 9.47 Å². The summed E-state index contributed by atoms with van der Waals surface area (Å²) in [5, 5.41) is 0. The predicted octanol–water partition coefficient (Wildman–Crippen LogP) is 2.57. The molecule has 1 aromatic rings. The van der Waals surface area contributed by atoms with Crippen molar-refractivity contribution < 1.29 is 14.3 Å². The van der Waals surface area contributed by atoms with Crippen LogP contribution in [0, 0.1) is 0 Å². The molecule has 1 heterocycles. The second kappa shape index (κ2) is 5.90. The average Bonchev–Trinajstić information content (AvgIpc) is 2.84. The van der Waals surface area contributed by atoms with Gasteiger partial charge >= 0.3 is 0 Å². The van der Waals surface area contributed by atoms with E-state index < -0.39 is 0 Å². The minimum atomic E-state index is 0.292. The zero-order valence-corrected chi connectivity index (χ0v) is 12.6. The third-order valence-electron chi connectivity index (χ3n) is 4.35. The molecule has 0 N–H and O–H groups in total. The minimum Gasteiger partial charge on any atom is -0.493 e. The lowest BCUT2D eigenvalue weighted by Gasteiger charge is -2.26. The largest absolute Gasteiger partial charge is 0.493 e. The van der Waals surface area contributed by atoms with E-state index in [0.717, 1.165) is 42.0 Å². The Labute approximate surface area is 125 Å². The van der Waals surface area contributed by atoms with Gasteiger partial charge in [-0.3, -0.25) is 9.69 Å². The molecule has 1 aromatic carbocycles. The zero-order chi connectivity index (χ0) is 14.8. The topological polar surface area (TPSA) is 38.8 Å². The van der Waals surface area contributed by atoms with Crippen LogP contribution in [0.2, 0.25) is 0 Å². The Bertz CT molecular complexity index is 579. The molecule has 0 aromatic heterocycles. The van der Waals surface area contributed by atoms with Crippen molar-refractivity contribution in [1.82, 2.24) is 4.90 Å². The van der Waals surface area contributed by atoms with Gasteiger partial charge in [0.2, 0.25) is 0 Å². The molecule has 1 atom stereocenters. The summed E-state index contributed by atoms with van der Waals surface area (Å²) < 4.78 is 10.6. The van der Waals surface area contributed by atoms with Crippen molar-refractivity contribution in [1.29, 1.82) is 0 Å². The minimum absolute atomic E-state index is 0.292. The Morgan fingerprint density at radius 2 is 2.05 bits per heavy atom. The van der Waals surface area contributed by atoms with Gasteiger partial charge in [0.25, 0.3) is 0 Å². The molecule has 4 heteroatoms. The molecule has 0 bridgehead atoms. The molecular weight excluding hydrogens is 266 g/mol. The molecule has 21 heavy (non-hydrogen) atoms. The average molecular weight is 287 g/mol. The normalized spacial score (nSPS) is 21.9. The standard InChI is InChI=1S/C17H21NO3/c1-20-16-8-7-12(9-17(16)21-2)10-18-11-15(19)13-5-3-4-6-14(13)18/h5,7-9,14H,3-4,6,10-11H2,1-2H3. The maximum atomic E-state index is 12.1. The number of benzene rings is 1. The van der Waals surface area contributed by atoms with E-state index in [0.29, 0.717) is 18.4 Å². The Balaban J connectivity index is 1.79. The molecule has 1 fully saturated rings. The van der Waals surface area contributed by atoms with E-state index in [-0.39, 0.29) is 0 Å². The van der Waals surface area contributed by atoms with Crippen molar-refractivity contribution in [2.24, 2.45) is 0 Å². The Hall–Kier alpha value is -1.81. The van der Waals surface area contributed by atoms with Gasteiger partial charge in [0.15, 0.2) is 17.3 Å². The molecule has 1 aliphatic heterocycles. The number of Topliss-reactive ketones (excluding diaryl/α,β-unsaturated/α-hetero) is 1. The van der Waals surface area contributed by atoms with E-state index in [2.05, 4.69) is 11.0 Å². The molecule has 4 nitrogen and oxygen atoms in total. The summed E-state index contributed by atoms with van der Waals surface area (Å²) in [5.74, 6) is 1.76. The highest BCUT2D eigenvalue weighted by atomic mass is 16.5. The Morgan fingerprint density at radius 3 is 2.81 bits per heavy atom. The third kappa shape index (κ3) is 2.68. The maximum absolute atomic E-state index is 12.1. The fourth-order valence-corrected chi connectivity index (χ4v) is 3.30. The summed E-state index contributed by atoms with van der Waals surface area (Å²) in [4.78, 5) is 14.4. The van der Waals surface area contributed by atoms with Crippen LogP contribution in [0.4, 0.5) is 0 Å². The molecule has 1 saturated heterocycles. The van der Waals surface area contributed by atoms with Crippen LogP contribution in [-0.2, 0) is 11.3 Å². The third-order valence-corrected chi connectivity index (χ3v) is 4.35. The second-order valence-corrected chi connectivity index (χ2v) is 5.62. The molecule has 1 aliphatic carbocycles. The Kier molecular flexibility index (Phi) is 3.97. The van der Waals surface area contributed by atoms with E-state index in [1.165, 1.54) is 6.42 Å². The van der Waals surface area contributed by atoms with Crippen LogP contribution in [-0.4, -0.2) is 37.5 Å². The van der Waals surface area contributed by atoms with Gasteiger partial charge in [-0.2, -0.15) is 0 Å².